The van der Waals surface area contributed by atoms with Crippen LogP contribution in [0, 0.1) is 0 Å². The molecule has 1 amide bonds. The average Bonchev–Trinajstić information content (AvgIpc) is 3.34. The molecule has 1 aliphatic rings. The number of piperazine rings is 1. The summed E-state index contributed by atoms with van der Waals surface area (Å²) >= 11 is 3.39. The van der Waals surface area contributed by atoms with Gasteiger partial charge in [0.1, 0.15) is 0 Å². The van der Waals surface area contributed by atoms with Crippen molar-refractivity contribution in [2.75, 3.05) is 31.1 Å². The van der Waals surface area contributed by atoms with Crippen molar-refractivity contribution in [3.63, 3.8) is 0 Å². The molecule has 0 N–H and O–H groups in total. The fourth-order valence-electron chi connectivity index (χ4n) is 3.62. The van der Waals surface area contributed by atoms with Crippen molar-refractivity contribution in [1.29, 1.82) is 0 Å². The average molecular weight is 379 g/mol. The van der Waals surface area contributed by atoms with Gasteiger partial charge < -0.3 is 9.80 Å². The number of fused-ring (bicyclic) bond motifs is 2. The van der Waals surface area contributed by atoms with E-state index in [2.05, 4.69) is 46.7 Å². The van der Waals surface area contributed by atoms with Crippen molar-refractivity contribution >= 4 is 54.4 Å². The zero-order chi connectivity index (χ0) is 17.5. The maximum absolute atomic E-state index is 12.9. The summed E-state index contributed by atoms with van der Waals surface area (Å²) in [4.78, 5) is 18.2. The van der Waals surface area contributed by atoms with Crippen LogP contribution in [0.25, 0.3) is 20.2 Å². The van der Waals surface area contributed by atoms with Crippen LogP contribution in [-0.4, -0.2) is 37.0 Å². The highest BCUT2D eigenvalue weighted by molar-refractivity contribution is 7.20. The number of thiophene rings is 2. The number of nitrogens with zero attached hydrogens (tertiary/aromatic N) is 2. The second-order valence-corrected chi connectivity index (χ2v) is 8.54. The molecule has 1 aliphatic heterocycles. The van der Waals surface area contributed by atoms with E-state index in [1.807, 2.05) is 23.1 Å². The molecule has 2 aromatic heterocycles. The summed E-state index contributed by atoms with van der Waals surface area (Å²) in [6.45, 7) is 3.31. The molecule has 0 aliphatic carbocycles. The Labute approximate surface area is 160 Å². The Morgan fingerprint density at radius 1 is 0.885 bits per heavy atom. The molecule has 3 nitrogen and oxygen atoms in total. The van der Waals surface area contributed by atoms with Crippen LogP contribution >= 0.6 is 22.7 Å². The van der Waals surface area contributed by atoms with Gasteiger partial charge in [-0.05, 0) is 40.4 Å². The van der Waals surface area contributed by atoms with E-state index in [0.29, 0.717) is 0 Å². The summed E-state index contributed by atoms with van der Waals surface area (Å²) < 4.78 is 2.52. The van der Waals surface area contributed by atoms with Gasteiger partial charge in [0, 0.05) is 30.9 Å². The number of hydrogen-bond donors (Lipinski definition) is 0. The molecule has 1 fully saturated rings. The summed E-state index contributed by atoms with van der Waals surface area (Å²) in [7, 11) is 0. The predicted molar refractivity (Wildman–Crippen MR) is 112 cm³/mol. The Morgan fingerprint density at radius 2 is 1.69 bits per heavy atom. The maximum atomic E-state index is 12.9. The van der Waals surface area contributed by atoms with Gasteiger partial charge in [-0.2, -0.15) is 0 Å². The van der Waals surface area contributed by atoms with Crippen LogP contribution in [0.2, 0.25) is 0 Å². The third kappa shape index (κ3) is 2.68. The van der Waals surface area contributed by atoms with E-state index in [0.717, 1.165) is 36.4 Å². The lowest BCUT2D eigenvalue weighted by molar-refractivity contribution is 0.0752. The third-order valence-corrected chi connectivity index (χ3v) is 7.06. The number of amides is 1. The summed E-state index contributed by atoms with van der Waals surface area (Å²) in [6.07, 6.45) is 0. The lowest BCUT2D eigenvalue weighted by Crippen LogP contribution is -2.48. The number of carbonyl (C=O) groups is 1. The molecular weight excluding hydrogens is 360 g/mol. The van der Waals surface area contributed by atoms with E-state index in [-0.39, 0.29) is 5.91 Å². The largest absolute Gasteiger partial charge is 0.367 e. The zero-order valence-corrected chi connectivity index (χ0v) is 15.9. The lowest BCUT2D eigenvalue weighted by Gasteiger charge is -2.36. The number of rotatable bonds is 2. The summed E-state index contributed by atoms with van der Waals surface area (Å²) in [5.41, 5.74) is 1.30. The minimum Gasteiger partial charge on any atom is -0.367 e. The molecule has 0 unspecified atom stereocenters. The van der Waals surface area contributed by atoms with Crippen molar-refractivity contribution in [2.45, 2.75) is 0 Å². The fraction of sp³-hybridized carbons (Fsp3) is 0.190. The standard InChI is InChI=1S/C21H18N2OS2/c24-21(19-14-16-4-1-2-7-18(16)26-19)23-11-9-22(10-12-23)17-6-3-5-15-8-13-25-20(15)17/h1-8,13-14H,9-12H2. The van der Waals surface area contributed by atoms with Gasteiger partial charge in [-0.1, -0.05) is 30.3 Å². The lowest BCUT2D eigenvalue weighted by atomic mass is 10.2. The summed E-state index contributed by atoms with van der Waals surface area (Å²) in [5, 5.41) is 4.61. The number of anilines is 1. The van der Waals surface area contributed by atoms with Gasteiger partial charge in [0.05, 0.1) is 15.3 Å². The maximum Gasteiger partial charge on any atom is 0.264 e. The van der Waals surface area contributed by atoms with Crippen LogP contribution in [-0.2, 0) is 0 Å². The van der Waals surface area contributed by atoms with Gasteiger partial charge in [-0.15, -0.1) is 22.7 Å². The molecule has 5 rings (SSSR count). The van der Waals surface area contributed by atoms with Gasteiger partial charge >= 0.3 is 0 Å². The molecule has 26 heavy (non-hydrogen) atoms. The first-order valence-electron chi connectivity index (χ1n) is 8.79. The van der Waals surface area contributed by atoms with Crippen LogP contribution in [0.4, 0.5) is 5.69 Å². The minimum atomic E-state index is 0.167. The Hall–Kier alpha value is -2.37. The van der Waals surface area contributed by atoms with Crippen molar-refractivity contribution < 1.29 is 4.79 Å². The molecule has 0 radical (unpaired) electrons. The van der Waals surface area contributed by atoms with Crippen LogP contribution < -0.4 is 4.90 Å². The molecule has 1 saturated heterocycles. The predicted octanol–water partition coefficient (Wildman–Crippen LogP) is 5.08. The molecule has 0 atom stereocenters. The van der Waals surface area contributed by atoms with E-state index in [1.165, 1.54) is 20.5 Å². The van der Waals surface area contributed by atoms with Gasteiger partial charge in [-0.3, -0.25) is 4.79 Å². The third-order valence-electron chi connectivity index (χ3n) is 5.00. The molecular formula is C21H18N2OS2. The Morgan fingerprint density at radius 3 is 2.54 bits per heavy atom. The second kappa shape index (κ2) is 6.41. The van der Waals surface area contributed by atoms with E-state index in [1.54, 1.807) is 22.7 Å². The van der Waals surface area contributed by atoms with Crippen LogP contribution in [0.5, 0.6) is 0 Å². The van der Waals surface area contributed by atoms with Crippen LogP contribution in [0.1, 0.15) is 9.67 Å². The normalized spacial score (nSPS) is 15.1. The molecule has 2 aromatic carbocycles. The first-order chi connectivity index (χ1) is 12.8. The molecule has 5 heteroatoms. The van der Waals surface area contributed by atoms with Crippen molar-refractivity contribution in [1.82, 2.24) is 4.90 Å². The van der Waals surface area contributed by atoms with E-state index < -0.39 is 0 Å². The number of carbonyl (C=O) groups excluding carboxylic acids is 1. The quantitative estimate of drug-likeness (QED) is 0.486. The first-order valence-corrected chi connectivity index (χ1v) is 10.5. The van der Waals surface area contributed by atoms with Crippen molar-refractivity contribution in [3.05, 3.63) is 64.9 Å². The highest BCUT2D eigenvalue weighted by Gasteiger charge is 2.24. The smallest absolute Gasteiger partial charge is 0.264 e. The Kier molecular flexibility index (Phi) is 3.91. The fourth-order valence-corrected chi connectivity index (χ4v) is 5.59. The molecule has 0 spiro atoms. The van der Waals surface area contributed by atoms with E-state index >= 15 is 0 Å². The topological polar surface area (TPSA) is 23.6 Å². The number of hydrogen-bond acceptors (Lipinski definition) is 4. The Balaban J connectivity index is 1.33. The van der Waals surface area contributed by atoms with Gasteiger partial charge in [0.15, 0.2) is 0 Å². The van der Waals surface area contributed by atoms with Crippen LogP contribution in [0.3, 0.4) is 0 Å². The number of benzene rings is 2. The van der Waals surface area contributed by atoms with Crippen LogP contribution in [0.15, 0.2) is 60.0 Å². The summed E-state index contributed by atoms with van der Waals surface area (Å²) in [5.74, 6) is 0.167. The summed E-state index contributed by atoms with van der Waals surface area (Å²) in [6, 6.07) is 18.9. The van der Waals surface area contributed by atoms with Gasteiger partial charge in [0.25, 0.3) is 5.91 Å². The first kappa shape index (κ1) is 15.9. The van der Waals surface area contributed by atoms with Gasteiger partial charge in [0.2, 0.25) is 0 Å². The zero-order valence-electron chi connectivity index (χ0n) is 14.2. The highest BCUT2D eigenvalue weighted by Crippen LogP contribution is 2.32. The van der Waals surface area contributed by atoms with Gasteiger partial charge in [-0.25, -0.2) is 0 Å². The molecule has 130 valence electrons. The molecule has 4 aromatic rings. The minimum absolute atomic E-state index is 0.167. The Bertz CT molecular complexity index is 1060. The monoisotopic (exact) mass is 378 g/mol. The molecule has 0 bridgehead atoms. The van der Waals surface area contributed by atoms with E-state index in [4.69, 9.17) is 0 Å². The highest BCUT2D eigenvalue weighted by atomic mass is 32.1. The molecule has 3 heterocycles. The molecule has 0 saturated carbocycles. The van der Waals surface area contributed by atoms with Crippen molar-refractivity contribution in [3.8, 4) is 0 Å². The SMILES string of the molecule is O=C(c1cc2ccccc2s1)N1CCN(c2cccc3ccsc23)CC1. The van der Waals surface area contributed by atoms with Crippen molar-refractivity contribution in [2.24, 2.45) is 0 Å². The van der Waals surface area contributed by atoms with E-state index in [9.17, 15) is 4.79 Å². The second-order valence-electron chi connectivity index (χ2n) is 6.54.